The van der Waals surface area contributed by atoms with E-state index in [1.165, 1.54) is 5.39 Å². The number of nitrogens with zero attached hydrogens (tertiary/aromatic N) is 1. The summed E-state index contributed by atoms with van der Waals surface area (Å²) < 4.78 is 5.31. The number of benzene rings is 1. The average Bonchev–Trinajstić information content (AvgIpc) is 2.91. The molecule has 0 aliphatic rings. The molecule has 0 atom stereocenters. The van der Waals surface area contributed by atoms with Crippen molar-refractivity contribution in [3.8, 4) is 11.3 Å². The predicted octanol–water partition coefficient (Wildman–Crippen LogP) is 3.17. The maximum Gasteiger partial charge on any atom is 0.294 e. The van der Waals surface area contributed by atoms with Crippen LogP contribution in [-0.2, 0) is 0 Å². The van der Waals surface area contributed by atoms with Crippen molar-refractivity contribution in [1.29, 1.82) is 0 Å². The molecular formula is C13H13N3O. The summed E-state index contributed by atoms with van der Waals surface area (Å²) in [6.45, 7) is 2.04. The fraction of sp³-hybridized carbons (Fsp3) is 0.154. The van der Waals surface area contributed by atoms with Crippen molar-refractivity contribution in [2.45, 2.75) is 6.92 Å². The number of nitrogens with one attached hydrogen (secondary N) is 2. The summed E-state index contributed by atoms with van der Waals surface area (Å²) in [6.07, 6.45) is 1.68. The Bertz CT molecular complexity index is 666. The summed E-state index contributed by atoms with van der Waals surface area (Å²) in [5.41, 5.74) is 4.17. The number of hydrogen-bond acceptors (Lipinski definition) is 3. The molecule has 2 heterocycles. The zero-order valence-electron chi connectivity index (χ0n) is 9.74. The van der Waals surface area contributed by atoms with Gasteiger partial charge in [-0.1, -0.05) is 18.2 Å². The van der Waals surface area contributed by atoms with Crippen LogP contribution in [0.25, 0.3) is 22.2 Å². The van der Waals surface area contributed by atoms with Gasteiger partial charge in [0.1, 0.15) is 12.0 Å². The molecule has 0 radical (unpaired) electrons. The van der Waals surface area contributed by atoms with Crippen molar-refractivity contribution in [2.75, 3.05) is 12.4 Å². The Labute approximate surface area is 98.7 Å². The highest BCUT2D eigenvalue weighted by Gasteiger charge is 2.13. The van der Waals surface area contributed by atoms with Crippen molar-refractivity contribution in [1.82, 2.24) is 9.97 Å². The van der Waals surface area contributed by atoms with E-state index in [0.29, 0.717) is 6.01 Å². The Balaban J connectivity index is 2.25. The van der Waals surface area contributed by atoms with Crippen LogP contribution >= 0.6 is 0 Å². The zero-order valence-corrected chi connectivity index (χ0v) is 9.74. The van der Waals surface area contributed by atoms with E-state index >= 15 is 0 Å². The fourth-order valence-corrected chi connectivity index (χ4v) is 2.11. The molecule has 0 fully saturated rings. The molecule has 3 aromatic rings. The van der Waals surface area contributed by atoms with Gasteiger partial charge < -0.3 is 14.7 Å². The highest BCUT2D eigenvalue weighted by Crippen LogP contribution is 2.31. The lowest BCUT2D eigenvalue weighted by atomic mass is 10.1. The molecule has 3 rings (SSSR count). The summed E-state index contributed by atoms with van der Waals surface area (Å²) in [6, 6.07) is 8.72. The number of aryl methyl sites for hydroxylation is 1. The van der Waals surface area contributed by atoms with Gasteiger partial charge in [0, 0.05) is 29.2 Å². The van der Waals surface area contributed by atoms with E-state index in [9.17, 15) is 0 Å². The molecule has 1 aromatic carbocycles. The van der Waals surface area contributed by atoms with Gasteiger partial charge in [-0.3, -0.25) is 0 Å². The van der Waals surface area contributed by atoms with Crippen molar-refractivity contribution in [2.24, 2.45) is 0 Å². The molecule has 4 heteroatoms. The van der Waals surface area contributed by atoms with E-state index in [4.69, 9.17) is 4.42 Å². The average molecular weight is 227 g/mol. The second-order valence-electron chi connectivity index (χ2n) is 3.96. The third-order valence-electron chi connectivity index (χ3n) is 2.87. The summed E-state index contributed by atoms with van der Waals surface area (Å²) in [4.78, 5) is 7.74. The molecule has 4 nitrogen and oxygen atoms in total. The molecule has 86 valence electrons. The Hall–Kier alpha value is -2.23. The molecular weight excluding hydrogens is 214 g/mol. The Morgan fingerprint density at radius 2 is 2.12 bits per heavy atom. The Kier molecular flexibility index (Phi) is 2.14. The third-order valence-corrected chi connectivity index (χ3v) is 2.87. The normalized spacial score (nSPS) is 10.9. The largest absolute Gasteiger partial charge is 0.432 e. The molecule has 2 N–H and O–H groups in total. The first kappa shape index (κ1) is 9.96. The van der Waals surface area contributed by atoms with Gasteiger partial charge in [0.05, 0.1) is 0 Å². The molecule has 0 aliphatic heterocycles. The van der Waals surface area contributed by atoms with Crippen LogP contribution in [0.3, 0.4) is 0 Å². The first-order valence-corrected chi connectivity index (χ1v) is 5.50. The zero-order chi connectivity index (χ0) is 11.8. The van der Waals surface area contributed by atoms with Gasteiger partial charge in [0.2, 0.25) is 0 Å². The van der Waals surface area contributed by atoms with Crippen LogP contribution in [0, 0.1) is 6.92 Å². The monoisotopic (exact) mass is 227 g/mol. The van der Waals surface area contributed by atoms with Crippen LogP contribution in [-0.4, -0.2) is 17.0 Å². The molecule has 0 unspecified atom stereocenters. The van der Waals surface area contributed by atoms with E-state index in [-0.39, 0.29) is 0 Å². The van der Waals surface area contributed by atoms with Crippen LogP contribution in [0.5, 0.6) is 0 Å². The van der Waals surface area contributed by atoms with E-state index < -0.39 is 0 Å². The maximum absolute atomic E-state index is 5.31. The molecule has 0 aliphatic carbocycles. The smallest absolute Gasteiger partial charge is 0.294 e. The van der Waals surface area contributed by atoms with Gasteiger partial charge in [-0.15, -0.1) is 0 Å². The standard InChI is InChI=1S/C13H13N3O/c1-8-12(11-7-17-13(14-2)16-11)9-5-3-4-6-10(9)15-8/h3-7,15H,1-2H3,(H,14,16). The summed E-state index contributed by atoms with van der Waals surface area (Å²) >= 11 is 0. The van der Waals surface area contributed by atoms with E-state index in [2.05, 4.69) is 27.4 Å². The number of oxazole rings is 1. The van der Waals surface area contributed by atoms with Gasteiger partial charge in [-0.05, 0) is 13.0 Å². The van der Waals surface area contributed by atoms with Gasteiger partial charge in [0.25, 0.3) is 6.01 Å². The molecule has 0 saturated carbocycles. The topological polar surface area (TPSA) is 53.9 Å². The first-order valence-electron chi connectivity index (χ1n) is 5.50. The van der Waals surface area contributed by atoms with E-state index in [1.54, 1.807) is 13.3 Å². The number of H-pyrrole nitrogens is 1. The van der Waals surface area contributed by atoms with Gasteiger partial charge in [-0.2, -0.15) is 4.98 Å². The quantitative estimate of drug-likeness (QED) is 0.707. The second kappa shape index (κ2) is 3.66. The third kappa shape index (κ3) is 1.49. The fourth-order valence-electron chi connectivity index (χ4n) is 2.11. The lowest BCUT2D eigenvalue weighted by molar-refractivity contribution is 0.576. The van der Waals surface area contributed by atoms with Crippen LogP contribution in [0.15, 0.2) is 34.9 Å². The minimum absolute atomic E-state index is 0.532. The number of anilines is 1. The molecule has 0 spiro atoms. The summed E-state index contributed by atoms with van der Waals surface area (Å²) in [5, 5.41) is 4.06. The Morgan fingerprint density at radius 1 is 1.29 bits per heavy atom. The highest BCUT2D eigenvalue weighted by atomic mass is 16.4. The molecule has 0 amide bonds. The molecule has 0 saturated heterocycles. The van der Waals surface area contributed by atoms with Gasteiger partial charge in [-0.25, -0.2) is 0 Å². The SMILES string of the molecule is CNc1nc(-c2c(C)[nH]c3ccccc23)co1. The lowest BCUT2D eigenvalue weighted by Crippen LogP contribution is -1.87. The molecule has 17 heavy (non-hydrogen) atoms. The maximum atomic E-state index is 5.31. The Morgan fingerprint density at radius 3 is 2.88 bits per heavy atom. The number of aromatic nitrogens is 2. The second-order valence-corrected chi connectivity index (χ2v) is 3.96. The molecule has 0 bridgehead atoms. The van der Waals surface area contributed by atoms with Crippen LogP contribution in [0.4, 0.5) is 6.01 Å². The van der Waals surface area contributed by atoms with E-state index in [0.717, 1.165) is 22.5 Å². The number of para-hydroxylation sites is 1. The van der Waals surface area contributed by atoms with Crippen molar-refractivity contribution in [3.63, 3.8) is 0 Å². The van der Waals surface area contributed by atoms with Gasteiger partial charge in [0.15, 0.2) is 0 Å². The first-order chi connectivity index (χ1) is 8.29. The predicted molar refractivity (Wildman–Crippen MR) is 68.1 cm³/mol. The van der Waals surface area contributed by atoms with E-state index in [1.807, 2.05) is 19.1 Å². The van der Waals surface area contributed by atoms with Crippen molar-refractivity contribution >= 4 is 16.9 Å². The van der Waals surface area contributed by atoms with Crippen LogP contribution in [0.2, 0.25) is 0 Å². The number of rotatable bonds is 2. The number of fused-ring (bicyclic) bond motifs is 1. The lowest BCUT2D eigenvalue weighted by Gasteiger charge is -1.94. The minimum Gasteiger partial charge on any atom is -0.432 e. The van der Waals surface area contributed by atoms with Crippen LogP contribution in [0.1, 0.15) is 5.69 Å². The minimum atomic E-state index is 0.532. The number of hydrogen-bond donors (Lipinski definition) is 2. The van der Waals surface area contributed by atoms with Crippen LogP contribution < -0.4 is 5.32 Å². The van der Waals surface area contributed by atoms with Gasteiger partial charge >= 0.3 is 0 Å². The summed E-state index contributed by atoms with van der Waals surface area (Å²) in [5.74, 6) is 0. The van der Waals surface area contributed by atoms with Crippen molar-refractivity contribution < 1.29 is 4.42 Å². The highest BCUT2D eigenvalue weighted by molar-refractivity contribution is 5.96. The summed E-state index contributed by atoms with van der Waals surface area (Å²) in [7, 11) is 1.79. The molecule has 2 aromatic heterocycles. The number of aromatic amines is 1. The van der Waals surface area contributed by atoms with Crippen molar-refractivity contribution in [3.05, 3.63) is 36.2 Å².